The molecule has 4 nitrogen and oxygen atoms in total. The Morgan fingerprint density at radius 2 is 2.00 bits per heavy atom. The van der Waals surface area contributed by atoms with E-state index in [1.807, 2.05) is 39.0 Å². The summed E-state index contributed by atoms with van der Waals surface area (Å²) in [4.78, 5) is 12.6. The molecule has 0 aliphatic heterocycles. The first-order valence-corrected chi connectivity index (χ1v) is 8.15. The van der Waals surface area contributed by atoms with Crippen molar-refractivity contribution in [3.8, 4) is 11.5 Å². The number of carbonyl (C=O) groups excluding carboxylic acids is 1. The fourth-order valence-corrected chi connectivity index (χ4v) is 2.85. The van der Waals surface area contributed by atoms with Gasteiger partial charge in [0.15, 0.2) is 11.5 Å². The summed E-state index contributed by atoms with van der Waals surface area (Å²) in [5, 5.41) is 2.95. The molecule has 1 N–H and O–H groups in total. The number of carbonyl (C=O) groups is 1. The first kappa shape index (κ1) is 17.3. The predicted octanol–water partition coefficient (Wildman–Crippen LogP) is 4.73. The van der Waals surface area contributed by atoms with Crippen LogP contribution < -0.4 is 14.8 Å². The van der Waals surface area contributed by atoms with E-state index in [1.165, 1.54) is 0 Å². The van der Waals surface area contributed by atoms with Crippen molar-refractivity contribution in [1.29, 1.82) is 0 Å². The third kappa shape index (κ3) is 3.85. The van der Waals surface area contributed by atoms with Gasteiger partial charge < -0.3 is 14.8 Å². The second kappa shape index (κ2) is 7.51. The molecule has 0 radical (unpaired) electrons. The Morgan fingerprint density at radius 3 is 2.65 bits per heavy atom. The second-order valence-electron chi connectivity index (χ2n) is 5.12. The van der Waals surface area contributed by atoms with E-state index in [4.69, 9.17) is 9.47 Å². The zero-order valence-electron chi connectivity index (χ0n) is 13.7. The van der Waals surface area contributed by atoms with Gasteiger partial charge in [0.05, 0.1) is 18.2 Å². The first-order valence-electron chi connectivity index (χ1n) is 7.35. The van der Waals surface area contributed by atoms with E-state index in [2.05, 4.69) is 21.2 Å². The minimum atomic E-state index is -0.192. The summed E-state index contributed by atoms with van der Waals surface area (Å²) in [5.41, 5.74) is 3.49. The molecule has 2 aromatic carbocycles. The molecule has 5 heteroatoms. The summed E-state index contributed by atoms with van der Waals surface area (Å²) >= 11 is 3.42. The molecule has 0 saturated heterocycles. The van der Waals surface area contributed by atoms with Crippen LogP contribution in [0.5, 0.6) is 11.5 Å². The first-order chi connectivity index (χ1) is 11.0. The molecule has 2 rings (SSSR count). The summed E-state index contributed by atoms with van der Waals surface area (Å²) in [5.74, 6) is 0.925. The maximum absolute atomic E-state index is 12.6. The smallest absolute Gasteiger partial charge is 0.255 e. The number of nitrogens with one attached hydrogen (secondary N) is 1. The highest BCUT2D eigenvalue weighted by Gasteiger charge is 2.16. The van der Waals surface area contributed by atoms with Crippen molar-refractivity contribution < 1.29 is 14.3 Å². The predicted molar refractivity (Wildman–Crippen MR) is 95.7 cm³/mol. The van der Waals surface area contributed by atoms with Gasteiger partial charge >= 0.3 is 0 Å². The molecule has 1 amide bonds. The van der Waals surface area contributed by atoms with Crippen LogP contribution in [0.4, 0.5) is 5.69 Å². The Labute approximate surface area is 144 Å². The number of methoxy groups -OCH3 is 1. The highest BCUT2D eigenvalue weighted by atomic mass is 79.9. The number of anilines is 1. The lowest BCUT2D eigenvalue weighted by atomic mass is 10.1. The normalized spacial score (nSPS) is 10.3. The minimum Gasteiger partial charge on any atom is -0.492 e. The lowest BCUT2D eigenvalue weighted by molar-refractivity contribution is 0.102. The zero-order valence-corrected chi connectivity index (χ0v) is 15.3. The molecule has 0 spiro atoms. The fraction of sp³-hybridized carbons (Fsp3) is 0.278. The van der Waals surface area contributed by atoms with E-state index in [-0.39, 0.29) is 5.91 Å². The molecule has 0 unspecified atom stereocenters. The number of halogens is 1. The fourth-order valence-electron chi connectivity index (χ4n) is 2.24. The molecule has 122 valence electrons. The number of amides is 1. The molecule has 0 atom stereocenters. The van der Waals surface area contributed by atoms with E-state index in [0.29, 0.717) is 28.1 Å². The van der Waals surface area contributed by atoms with Crippen molar-refractivity contribution in [1.82, 2.24) is 0 Å². The van der Waals surface area contributed by atoms with Crippen LogP contribution >= 0.6 is 15.9 Å². The van der Waals surface area contributed by atoms with Crippen molar-refractivity contribution >= 4 is 27.5 Å². The Balaban J connectivity index is 2.34. The highest BCUT2D eigenvalue weighted by molar-refractivity contribution is 9.10. The lowest BCUT2D eigenvalue weighted by Gasteiger charge is -2.14. The van der Waals surface area contributed by atoms with Crippen LogP contribution in [0.2, 0.25) is 0 Å². The van der Waals surface area contributed by atoms with E-state index < -0.39 is 0 Å². The topological polar surface area (TPSA) is 47.6 Å². The van der Waals surface area contributed by atoms with Crippen molar-refractivity contribution in [3.63, 3.8) is 0 Å². The summed E-state index contributed by atoms with van der Waals surface area (Å²) in [6.45, 7) is 6.38. The number of hydrogen-bond donors (Lipinski definition) is 1. The molecular formula is C18H20BrNO3. The Bertz CT molecular complexity index is 728. The summed E-state index contributed by atoms with van der Waals surface area (Å²) in [6.07, 6.45) is 0. The summed E-state index contributed by atoms with van der Waals surface area (Å²) in [7, 11) is 1.57. The van der Waals surface area contributed by atoms with Gasteiger partial charge in [-0.1, -0.05) is 12.1 Å². The number of rotatable bonds is 5. The van der Waals surface area contributed by atoms with Crippen LogP contribution in [-0.2, 0) is 0 Å². The van der Waals surface area contributed by atoms with E-state index >= 15 is 0 Å². The van der Waals surface area contributed by atoms with Gasteiger partial charge in [0.25, 0.3) is 5.91 Å². The van der Waals surface area contributed by atoms with E-state index in [9.17, 15) is 4.79 Å². The molecular weight excluding hydrogens is 358 g/mol. The lowest BCUT2D eigenvalue weighted by Crippen LogP contribution is -2.13. The van der Waals surface area contributed by atoms with Gasteiger partial charge in [-0.25, -0.2) is 0 Å². The molecule has 0 aliphatic rings. The van der Waals surface area contributed by atoms with E-state index in [1.54, 1.807) is 19.2 Å². The second-order valence-corrected chi connectivity index (χ2v) is 5.98. The Hall–Kier alpha value is -2.01. The van der Waals surface area contributed by atoms with Crippen LogP contribution in [0.25, 0.3) is 0 Å². The number of hydrogen-bond acceptors (Lipinski definition) is 3. The minimum absolute atomic E-state index is 0.192. The molecule has 0 saturated carbocycles. The van der Waals surface area contributed by atoms with Crippen molar-refractivity contribution in [2.24, 2.45) is 0 Å². The standard InChI is InChI=1S/C18H20BrNO3/c1-5-23-16-10-13(9-14(19)17(16)22-4)18(21)20-15-8-6-7-11(2)12(15)3/h6-10H,5H2,1-4H3,(H,20,21). The van der Waals surface area contributed by atoms with E-state index in [0.717, 1.165) is 16.8 Å². The average Bonchev–Trinajstić information content (AvgIpc) is 2.52. The Kier molecular flexibility index (Phi) is 5.66. The maximum Gasteiger partial charge on any atom is 0.255 e. The quantitative estimate of drug-likeness (QED) is 0.819. The number of aryl methyl sites for hydroxylation is 1. The van der Waals surface area contributed by atoms with Gasteiger partial charge in [0, 0.05) is 11.3 Å². The third-order valence-corrected chi connectivity index (χ3v) is 4.22. The molecule has 0 bridgehead atoms. The van der Waals surface area contributed by atoms with Crippen molar-refractivity contribution in [2.45, 2.75) is 20.8 Å². The molecule has 0 heterocycles. The van der Waals surface area contributed by atoms with Crippen molar-refractivity contribution in [3.05, 3.63) is 51.5 Å². The molecule has 0 aliphatic carbocycles. The van der Waals surface area contributed by atoms with Crippen LogP contribution in [0.3, 0.4) is 0 Å². The van der Waals surface area contributed by atoms with Gasteiger partial charge in [-0.2, -0.15) is 0 Å². The molecule has 23 heavy (non-hydrogen) atoms. The van der Waals surface area contributed by atoms with Crippen LogP contribution in [0.15, 0.2) is 34.8 Å². The van der Waals surface area contributed by atoms with Gasteiger partial charge in [0.2, 0.25) is 0 Å². The molecule has 2 aromatic rings. The Morgan fingerprint density at radius 1 is 1.26 bits per heavy atom. The van der Waals surface area contributed by atoms with Gasteiger partial charge in [-0.3, -0.25) is 4.79 Å². The van der Waals surface area contributed by atoms with Crippen LogP contribution in [0.1, 0.15) is 28.4 Å². The molecule has 0 fully saturated rings. The van der Waals surface area contributed by atoms with Crippen LogP contribution in [0, 0.1) is 13.8 Å². The number of ether oxygens (including phenoxy) is 2. The maximum atomic E-state index is 12.6. The monoisotopic (exact) mass is 377 g/mol. The molecule has 0 aromatic heterocycles. The van der Waals surface area contributed by atoms with Crippen molar-refractivity contribution in [2.75, 3.05) is 19.0 Å². The average molecular weight is 378 g/mol. The number of benzene rings is 2. The zero-order chi connectivity index (χ0) is 17.0. The van der Waals surface area contributed by atoms with Crippen LogP contribution in [-0.4, -0.2) is 19.6 Å². The summed E-state index contributed by atoms with van der Waals surface area (Å²) in [6, 6.07) is 9.24. The van der Waals surface area contributed by atoms with Gasteiger partial charge in [-0.05, 0) is 66.0 Å². The van der Waals surface area contributed by atoms with Gasteiger partial charge in [0.1, 0.15) is 0 Å². The third-order valence-electron chi connectivity index (χ3n) is 3.63. The SMILES string of the molecule is CCOc1cc(C(=O)Nc2cccc(C)c2C)cc(Br)c1OC. The highest BCUT2D eigenvalue weighted by Crippen LogP contribution is 2.36. The largest absolute Gasteiger partial charge is 0.492 e. The summed E-state index contributed by atoms with van der Waals surface area (Å²) < 4.78 is 11.5. The van der Waals surface area contributed by atoms with Gasteiger partial charge in [-0.15, -0.1) is 0 Å².